The SMILES string of the molecule is O=C(O)c1cccc(-c2ccccc2C(=C(c2ccccc2-c2cccc(C(=O)O)c2)c2ccccc2-c2cccc(C(=O)O)c2)c2ccccc2-c2cccc(C(=O)O)c2)c1. The Balaban J connectivity index is 1.60. The smallest absolute Gasteiger partial charge is 0.335 e. The summed E-state index contributed by atoms with van der Waals surface area (Å²) in [5, 5.41) is 40.3. The molecule has 0 amide bonds. The maximum Gasteiger partial charge on any atom is 0.335 e. The van der Waals surface area contributed by atoms with Crippen LogP contribution in [-0.4, -0.2) is 44.3 Å². The van der Waals surface area contributed by atoms with Crippen molar-refractivity contribution in [3.05, 3.63) is 239 Å². The van der Waals surface area contributed by atoms with Crippen molar-refractivity contribution in [2.24, 2.45) is 0 Å². The highest BCUT2D eigenvalue weighted by Gasteiger charge is 2.26. The molecule has 300 valence electrons. The molecular formula is C54H36O8. The number of hydrogen-bond acceptors (Lipinski definition) is 4. The molecule has 0 radical (unpaired) electrons. The van der Waals surface area contributed by atoms with E-state index in [4.69, 9.17) is 0 Å². The molecule has 62 heavy (non-hydrogen) atoms. The van der Waals surface area contributed by atoms with Gasteiger partial charge in [-0.2, -0.15) is 0 Å². The predicted octanol–water partition coefficient (Wildman–Crippen LogP) is 12.2. The number of aromatic carboxylic acids is 4. The Morgan fingerprint density at radius 3 is 0.677 bits per heavy atom. The van der Waals surface area contributed by atoms with E-state index < -0.39 is 23.9 Å². The van der Waals surface area contributed by atoms with Gasteiger partial charge >= 0.3 is 23.9 Å². The van der Waals surface area contributed by atoms with Gasteiger partial charge < -0.3 is 20.4 Å². The van der Waals surface area contributed by atoms with E-state index in [9.17, 15) is 39.6 Å². The van der Waals surface area contributed by atoms with Crippen molar-refractivity contribution in [3.8, 4) is 44.5 Å². The third kappa shape index (κ3) is 8.04. The van der Waals surface area contributed by atoms with E-state index in [1.807, 2.05) is 121 Å². The minimum Gasteiger partial charge on any atom is -0.478 e. The highest BCUT2D eigenvalue weighted by molar-refractivity contribution is 6.13. The lowest BCUT2D eigenvalue weighted by Gasteiger charge is -2.25. The fraction of sp³-hybridized carbons (Fsp3) is 0. The van der Waals surface area contributed by atoms with Crippen LogP contribution >= 0.6 is 0 Å². The largest absolute Gasteiger partial charge is 0.478 e. The highest BCUT2D eigenvalue weighted by Crippen LogP contribution is 2.48. The fourth-order valence-corrected chi connectivity index (χ4v) is 7.92. The van der Waals surface area contributed by atoms with Crippen molar-refractivity contribution in [2.45, 2.75) is 0 Å². The Bertz CT molecular complexity index is 2690. The lowest BCUT2D eigenvalue weighted by molar-refractivity contribution is 0.0686. The van der Waals surface area contributed by atoms with Crippen LogP contribution in [-0.2, 0) is 0 Å². The number of carboxylic acid groups (broad SMARTS) is 4. The minimum absolute atomic E-state index is 0.0984. The van der Waals surface area contributed by atoms with E-state index in [0.717, 1.165) is 0 Å². The van der Waals surface area contributed by atoms with Crippen molar-refractivity contribution >= 4 is 35.0 Å². The topological polar surface area (TPSA) is 149 Å². The maximum absolute atomic E-state index is 12.3. The molecule has 0 unspecified atom stereocenters. The molecule has 0 spiro atoms. The van der Waals surface area contributed by atoms with Gasteiger partial charge in [0, 0.05) is 0 Å². The molecule has 0 fully saturated rings. The first kappa shape index (κ1) is 40.2. The molecule has 0 saturated carbocycles. The summed E-state index contributed by atoms with van der Waals surface area (Å²) in [4.78, 5) is 49.3. The average Bonchev–Trinajstić information content (AvgIpc) is 3.31. The van der Waals surface area contributed by atoms with Crippen LogP contribution < -0.4 is 0 Å². The summed E-state index contributed by atoms with van der Waals surface area (Å²) in [6.45, 7) is 0. The molecule has 0 saturated heterocycles. The van der Waals surface area contributed by atoms with Crippen LogP contribution in [0, 0.1) is 0 Å². The van der Waals surface area contributed by atoms with Gasteiger partial charge in [0.05, 0.1) is 22.3 Å². The Morgan fingerprint density at radius 2 is 0.468 bits per heavy atom. The zero-order chi connectivity index (χ0) is 43.3. The predicted molar refractivity (Wildman–Crippen MR) is 240 cm³/mol. The molecule has 8 rings (SSSR count). The Hall–Kier alpha value is -8.62. The molecule has 8 aromatic rings. The third-order valence-corrected chi connectivity index (χ3v) is 10.7. The zero-order valence-electron chi connectivity index (χ0n) is 32.9. The van der Waals surface area contributed by atoms with Crippen molar-refractivity contribution in [1.82, 2.24) is 0 Å². The van der Waals surface area contributed by atoms with Crippen LogP contribution in [0.3, 0.4) is 0 Å². The fourth-order valence-electron chi connectivity index (χ4n) is 7.92. The standard InChI is InChI=1S/C54H36O8/c55-51(56)37-17-9-13-33(29-37)41-21-1-5-25-45(41)49(46-26-6-2-22-42(46)34-14-10-18-38(30-34)52(57)58)50(47-27-7-3-23-43(47)35-15-11-19-39(31-35)53(59)60)48-28-8-4-24-44(48)36-16-12-20-40(32-36)54(61)62/h1-32H,(H,55,56)(H,57,58)(H,59,60)(H,61,62). The number of hydrogen-bond donors (Lipinski definition) is 4. The summed E-state index contributed by atoms with van der Waals surface area (Å²) in [6.07, 6.45) is 0. The van der Waals surface area contributed by atoms with Crippen LogP contribution in [0.25, 0.3) is 55.7 Å². The van der Waals surface area contributed by atoms with Gasteiger partial charge in [-0.1, -0.05) is 146 Å². The van der Waals surface area contributed by atoms with Gasteiger partial charge in [0.2, 0.25) is 0 Å². The van der Waals surface area contributed by atoms with Gasteiger partial charge in [-0.3, -0.25) is 0 Å². The lowest BCUT2D eigenvalue weighted by atomic mass is 9.77. The molecular weight excluding hydrogens is 777 g/mol. The molecule has 0 aromatic heterocycles. The zero-order valence-corrected chi connectivity index (χ0v) is 32.9. The first-order valence-corrected chi connectivity index (χ1v) is 19.6. The average molecular weight is 813 g/mol. The highest BCUT2D eigenvalue weighted by atomic mass is 16.4. The van der Waals surface area contributed by atoms with Gasteiger partial charge in [-0.25, -0.2) is 19.2 Å². The first-order valence-electron chi connectivity index (χ1n) is 19.6. The van der Waals surface area contributed by atoms with Gasteiger partial charge in [0.25, 0.3) is 0 Å². The van der Waals surface area contributed by atoms with E-state index in [1.165, 1.54) is 24.3 Å². The third-order valence-electron chi connectivity index (χ3n) is 10.7. The molecule has 0 aliphatic carbocycles. The number of rotatable bonds is 12. The van der Waals surface area contributed by atoms with Crippen molar-refractivity contribution < 1.29 is 39.6 Å². The Kier molecular flexibility index (Phi) is 11.2. The first-order chi connectivity index (χ1) is 30.1. The summed E-state index contributed by atoms with van der Waals surface area (Å²) >= 11 is 0. The number of benzene rings is 8. The van der Waals surface area contributed by atoms with Gasteiger partial charge in [0.1, 0.15) is 0 Å². The van der Waals surface area contributed by atoms with Crippen LogP contribution in [0.15, 0.2) is 194 Å². The quantitative estimate of drug-likeness (QED) is 0.0891. The molecule has 0 bridgehead atoms. The van der Waals surface area contributed by atoms with E-state index in [-0.39, 0.29) is 22.3 Å². The summed E-state index contributed by atoms with van der Waals surface area (Å²) < 4.78 is 0. The molecule has 0 heterocycles. The van der Waals surface area contributed by atoms with Crippen molar-refractivity contribution in [2.75, 3.05) is 0 Å². The second kappa shape index (κ2) is 17.3. The normalized spacial score (nSPS) is 10.8. The maximum atomic E-state index is 12.3. The van der Waals surface area contributed by atoms with Crippen molar-refractivity contribution in [1.29, 1.82) is 0 Å². The molecule has 8 heteroatoms. The van der Waals surface area contributed by atoms with E-state index in [0.29, 0.717) is 77.9 Å². The van der Waals surface area contributed by atoms with E-state index >= 15 is 0 Å². The molecule has 0 aliphatic rings. The van der Waals surface area contributed by atoms with Crippen molar-refractivity contribution in [3.63, 3.8) is 0 Å². The monoisotopic (exact) mass is 812 g/mol. The number of carbonyl (C=O) groups is 4. The Labute approximate surface area is 356 Å². The lowest BCUT2D eigenvalue weighted by Crippen LogP contribution is -2.04. The summed E-state index contributed by atoms with van der Waals surface area (Å²) in [6, 6.07) is 57.4. The summed E-state index contributed by atoms with van der Waals surface area (Å²) in [5.41, 5.74) is 9.91. The second-order valence-electron chi connectivity index (χ2n) is 14.5. The van der Waals surface area contributed by atoms with Gasteiger partial charge in [-0.05, 0) is 126 Å². The van der Waals surface area contributed by atoms with Crippen LogP contribution in [0.2, 0.25) is 0 Å². The van der Waals surface area contributed by atoms with Crippen LogP contribution in [0.4, 0.5) is 0 Å². The minimum atomic E-state index is -1.08. The summed E-state index contributed by atoms with van der Waals surface area (Å²) in [5.74, 6) is -4.34. The van der Waals surface area contributed by atoms with E-state index in [1.54, 1.807) is 48.5 Å². The van der Waals surface area contributed by atoms with Gasteiger partial charge in [-0.15, -0.1) is 0 Å². The molecule has 0 atom stereocenters. The van der Waals surface area contributed by atoms with Gasteiger partial charge in [0.15, 0.2) is 0 Å². The van der Waals surface area contributed by atoms with Crippen LogP contribution in [0.5, 0.6) is 0 Å². The molecule has 4 N–H and O–H groups in total. The Morgan fingerprint density at radius 1 is 0.258 bits per heavy atom. The second-order valence-corrected chi connectivity index (χ2v) is 14.5. The molecule has 8 aromatic carbocycles. The van der Waals surface area contributed by atoms with E-state index in [2.05, 4.69) is 0 Å². The van der Waals surface area contributed by atoms with Crippen LogP contribution in [0.1, 0.15) is 63.7 Å². The molecule has 8 nitrogen and oxygen atoms in total. The summed E-state index contributed by atoms with van der Waals surface area (Å²) in [7, 11) is 0. The molecule has 0 aliphatic heterocycles. The number of carboxylic acids is 4.